The number of ether oxygens (including phenoxy) is 3. The summed E-state index contributed by atoms with van der Waals surface area (Å²) >= 11 is 0. The van der Waals surface area contributed by atoms with Gasteiger partial charge >= 0.3 is 0 Å². The molecule has 1 fully saturated rings. The van der Waals surface area contributed by atoms with Gasteiger partial charge < -0.3 is 19.5 Å². The number of nitrogens with one attached hydrogen (secondary N) is 1. The first-order chi connectivity index (χ1) is 13.7. The molecule has 150 valence electrons. The van der Waals surface area contributed by atoms with Crippen molar-refractivity contribution >= 4 is 5.91 Å². The summed E-state index contributed by atoms with van der Waals surface area (Å²) in [6.45, 7) is 7.18. The second kappa shape index (κ2) is 9.49. The summed E-state index contributed by atoms with van der Waals surface area (Å²) in [5.74, 6) is 2.04. The van der Waals surface area contributed by atoms with Crippen LogP contribution in [-0.2, 0) is 0 Å². The smallest absolute Gasteiger partial charge is 0.251 e. The lowest BCUT2D eigenvalue weighted by molar-refractivity contribution is 0.0907. The van der Waals surface area contributed by atoms with Gasteiger partial charge in [-0.15, -0.1) is 0 Å². The fraction of sp³-hybridized carbons (Fsp3) is 0.435. The van der Waals surface area contributed by atoms with Crippen molar-refractivity contribution < 1.29 is 19.0 Å². The molecule has 0 spiro atoms. The molecule has 5 heteroatoms. The second-order valence-corrected chi connectivity index (χ2v) is 6.85. The van der Waals surface area contributed by atoms with E-state index in [-0.39, 0.29) is 11.9 Å². The third-order valence-electron chi connectivity index (χ3n) is 4.92. The molecular weight excluding hydrogens is 354 g/mol. The van der Waals surface area contributed by atoms with Gasteiger partial charge in [-0.25, -0.2) is 0 Å². The zero-order chi connectivity index (χ0) is 19.9. The fourth-order valence-electron chi connectivity index (χ4n) is 3.52. The van der Waals surface area contributed by atoms with Gasteiger partial charge in [-0.1, -0.05) is 30.3 Å². The van der Waals surface area contributed by atoms with Crippen molar-refractivity contribution in [2.75, 3.05) is 19.8 Å². The minimum atomic E-state index is -0.110. The lowest BCUT2D eigenvalue weighted by atomic mass is 9.76. The van der Waals surface area contributed by atoms with Gasteiger partial charge in [-0.2, -0.15) is 0 Å². The molecule has 2 aromatic carbocycles. The minimum Gasteiger partial charge on any atom is -0.490 e. The van der Waals surface area contributed by atoms with Crippen molar-refractivity contribution in [3.8, 4) is 17.2 Å². The Bertz CT molecular complexity index is 757. The standard InChI is InChI=1S/C23H29NO4/c1-4-26-20-14-18(15-21(27-5-2)22(20)28-6-3)23(25)24-19-12-17(13-19)16-10-8-7-9-11-16/h7-11,14-15,17,19H,4-6,12-13H2,1-3H3,(H,24,25). The van der Waals surface area contributed by atoms with Gasteiger partial charge in [0.2, 0.25) is 5.75 Å². The number of amides is 1. The van der Waals surface area contributed by atoms with Crippen LogP contribution >= 0.6 is 0 Å². The van der Waals surface area contributed by atoms with E-state index in [0.29, 0.717) is 48.6 Å². The first-order valence-electron chi connectivity index (χ1n) is 10.1. The van der Waals surface area contributed by atoms with Gasteiger partial charge in [0.25, 0.3) is 5.91 Å². The molecule has 0 bridgehead atoms. The Morgan fingerprint density at radius 1 is 0.929 bits per heavy atom. The Hall–Kier alpha value is -2.69. The number of hydrogen-bond donors (Lipinski definition) is 1. The molecule has 1 amide bonds. The summed E-state index contributed by atoms with van der Waals surface area (Å²) in [6, 6.07) is 14.1. The molecular formula is C23H29NO4. The first-order valence-corrected chi connectivity index (χ1v) is 10.1. The SMILES string of the molecule is CCOc1cc(C(=O)NC2CC(c3ccccc3)C2)cc(OCC)c1OCC. The van der Waals surface area contributed by atoms with E-state index < -0.39 is 0 Å². The van der Waals surface area contributed by atoms with Crippen molar-refractivity contribution in [3.63, 3.8) is 0 Å². The highest BCUT2D eigenvalue weighted by Crippen LogP contribution is 2.40. The number of hydrogen-bond acceptors (Lipinski definition) is 4. The third-order valence-corrected chi connectivity index (χ3v) is 4.92. The molecule has 0 saturated heterocycles. The second-order valence-electron chi connectivity index (χ2n) is 6.85. The predicted octanol–water partition coefficient (Wildman–Crippen LogP) is 4.56. The van der Waals surface area contributed by atoms with Crippen LogP contribution in [0.25, 0.3) is 0 Å². The Balaban J connectivity index is 1.70. The summed E-state index contributed by atoms with van der Waals surface area (Å²) < 4.78 is 17.1. The van der Waals surface area contributed by atoms with E-state index in [1.165, 1.54) is 5.56 Å². The molecule has 28 heavy (non-hydrogen) atoms. The van der Waals surface area contributed by atoms with Gasteiger partial charge in [0.15, 0.2) is 11.5 Å². The highest BCUT2D eigenvalue weighted by atomic mass is 16.5. The molecule has 0 radical (unpaired) electrons. The quantitative estimate of drug-likeness (QED) is 0.690. The van der Waals surface area contributed by atoms with E-state index in [1.54, 1.807) is 12.1 Å². The molecule has 0 unspecified atom stereocenters. The van der Waals surface area contributed by atoms with Crippen molar-refractivity contribution in [3.05, 3.63) is 53.6 Å². The van der Waals surface area contributed by atoms with Crippen LogP contribution < -0.4 is 19.5 Å². The minimum absolute atomic E-state index is 0.110. The number of carbonyl (C=O) groups excluding carboxylic acids is 1. The maximum Gasteiger partial charge on any atom is 0.251 e. The summed E-state index contributed by atoms with van der Waals surface area (Å²) in [6.07, 6.45) is 1.92. The zero-order valence-corrected chi connectivity index (χ0v) is 16.9. The van der Waals surface area contributed by atoms with Crippen molar-refractivity contribution in [2.45, 2.75) is 45.6 Å². The van der Waals surface area contributed by atoms with Gasteiger partial charge in [0.1, 0.15) is 0 Å². The van der Waals surface area contributed by atoms with E-state index in [1.807, 2.05) is 26.8 Å². The molecule has 1 aliphatic carbocycles. The van der Waals surface area contributed by atoms with Crippen LogP contribution in [0.4, 0.5) is 0 Å². The summed E-state index contributed by atoms with van der Waals surface area (Å²) in [5.41, 5.74) is 1.87. The van der Waals surface area contributed by atoms with Gasteiger partial charge in [0, 0.05) is 11.6 Å². The Kier molecular flexibility index (Phi) is 6.80. The first kappa shape index (κ1) is 20.1. The van der Waals surface area contributed by atoms with E-state index >= 15 is 0 Å². The van der Waals surface area contributed by atoms with Crippen molar-refractivity contribution in [1.82, 2.24) is 5.32 Å². The third kappa shape index (κ3) is 4.58. The van der Waals surface area contributed by atoms with E-state index in [9.17, 15) is 4.79 Å². The summed E-state index contributed by atoms with van der Waals surface area (Å²) in [5, 5.41) is 3.13. The molecule has 0 aromatic heterocycles. The van der Waals surface area contributed by atoms with Crippen LogP contribution in [0.5, 0.6) is 17.2 Å². The lowest BCUT2D eigenvalue weighted by Gasteiger charge is -2.36. The number of carbonyl (C=O) groups is 1. The normalized spacial score (nSPS) is 18.1. The van der Waals surface area contributed by atoms with Crippen LogP contribution in [0, 0.1) is 0 Å². The molecule has 0 atom stereocenters. The van der Waals surface area contributed by atoms with Crippen LogP contribution in [0.2, 0.25) is 0 Å². The highest BCUT2D eigenvalue weighted by Gasteiger charge is 2.31. The van der Waals surface area contributed by atoms with Crippen LogP contribution in [-0.4, -0.2) is 31.8 Å². The predicted molar refractivity (Wildman–Crippen MR) is 110 cm³/mol. The molecule has 2 aromatic rings. The van der Waals surface area contributed by atoms with Crippen LogP contribution in [0.1, 0.15) is 55.5 Å². The number of benzene rings is 2. The average Bonchev–Trinajstić information content (AvgIpc) is 2.67. The molecule has 0 heterocycles. The Morgan fingerprint density at radius 3 is 2.04 bits per heavy atom. The molecule has 1 aliphatic rings. The van der Waals surface area contributed by atoms with E-state index in [2.05, 4.69) is 29.6 Å². The maximum absolute atomic E-state index is 12.8. The average molecular weight is 383 g/mol. The largest absolute Gasteiger partial charge is 0.490 e. The Labute approximate surface area is 167 Å². The zero-order valence-electron chi connectivity index (χ0n) is 16.9. The number of rotatable bonds is 9. The molecule has 1 saturated carbocycles. The Morgan fingerprint density at radius 2 is 1.50 bits per heavy atom. The molecule has 0 aliphatic heterocycles. The fourth-order valence-corrected chi connectivity index (χ4v) is 3.52. The maximum atomic E-state index is 12.8. The van der Waals surface area contributed by atoms with E-state index in [4.69, 9.17) is 14.2 Å². The van der Waals surface area contributed by atoms with Gasteiger partial charge in [0.05, 0.1) is 19.8 Å². The highest BCUT2D eigenvalue weighted by molar-refractivity contribution is 5.96. The van der Waals surface area contributed by atoms with Crippen LogP contribution in [0.3, 0.4) is 0 Å². The monoisotopic (exact) mass is 383 g/mol. The topological polar surface area (TPSA) is 56.8 Å². The van der Waals surface area contributed by atoms with Crippen molar-refractivity contribution in [2.24, 2.45) is 0 Å². The summed E-state index contributed by atoms with van der Waals surface area (Å²) in [4.78, 5) is 12.8. The van der Waals surface area contributed by atoms with Crippen molar-refractivity contribution in [1.29, 1.82) is 0 Å². The molecule has 3 rings (SSSR count). The molecule has 5 nitrogen and oxygen atoms in total. The van der Waals surface area contributed by atoms with Crippen LogP contribution in [0.15, 0.2) is 42.5 Å². The lowest BCUT2D eigenvalue weighted by Crippen LogP contribution is -2.43. The van der Waals surface area contributed by atoms with Gasteiger partial charge in [-0.05, 0) is 57.2 Å². The molecule has 1 N–H and O–H groups in total. The van der Waals surface area contributed by atoms with E-state index in [0.717, 1.165) is 12.8 Å². The summed E-state index contributed by atoms with van der Waals surface area (Å²) in [7, 11) is 0. The van der Waals surface area contributed by atoms with Gasteiger partial charge in [-0.3, -0.25) is 4.79 Å².